The molecule has 1 aromatic carbocycles. The molecule has 6 nitrogen and oxygen atoms in total. The maximum absolute atomic E-state index is 12.9. The molecule has 1 aliphatic rings. The highest BCUT2D eigenvalue weighted by molar-refractivity contribution is 5.78. The van der Waals surface area contributed by atoms with E-state index in [1.54, 1.807) is 17.0 Å². The number of morpholine rings is 1. The normalized spacial score (nSPS) is 17.4. The summed E-state index contributed by atoms with van der Waals surface area (Å²) in [4.78, 5) is 18.5. The second-order valence-corrected chi connectivity index (χ2v) is 5.91. The largest absolute Gasteiger partial charge is 0.484 e. The molecule has 0 radical (unpaired) electrons. The number of pyridine rings is 1. The molecule has 2 heterocycles. The quantitative estimate of drug-likeness (QED) is 0.918. The number of hydrogen-bond acceptors (Lipinski definition) is 5. The van der Waals surface area contributed by atoms with Crippen LogP contribution in [0.1, 0.15) is 17.5 Å². The van der Waals surface area contributed by atoms with E-state index in [0.717, 1.165) is 11.4 Å². The zero-order chi connectivity index (χ0) is 17.8. The summed E-state index contributed by atoms with van der Waals surface area (Å²) >= 11 is 0. The Morgan fingerprint density at radius 1 is 1.40 bits per heavy atom. The van der Waals surface area contributed by atoms with Gasteiger partial charge in [0, 0.05) is 17.9 Å². The summed E-state index contributed by atoms with van der Waals surface area (Å²) in [6.07, 6.45) is -0.314. The van der Waals surface area contributed by atoms with Gasteiger partial charge in [0.1, 0.15) is 17.7 Å². The highest BCUT2D eigenvalue weighted by atomic mass is 19.1. The third kappa shape index (κ3) is 4.45. The summed E-state index contributed by atoms with van der Waals surface area (Å²) in [6, 6.07) is 9.11. The van der Waals surface area contributed by atoms with Gasteiger partial charge in [0.2, 0.25) is 0 Å². The Morgan fingerprint density at radius 3 is 2.88 bits per heavy atom. The highest BCUT2D eigenvalue weighted by Crippen LogP contribution is 2.23. The van der Waals surface area contributed by atoms with E-state index < -0.39 is 0 Å². The molecule has 7 heteroatoms. The number of ether oxygens (including phenoxy) is 2. The first-order chi connectivity index (χ1) is 12.0. The summed E-state index contributed by atoms with van der Waals surface area (Å²) in [5, 5.41) is 0. The number of hydrogen-bond donors (Lipinski definition) is 1. The van der Waals surface area contributed by atoms with Gasteiger partial charge >= 0.3 is 0 Å². The van der Waals surface area contributed by atoms with Crippen LogP contribution in [0.5, 0.6) is 5.75 Å². The summed E-state index contributed by atoms with van der Waals surface area (Å²) < 4.78 is 24.0. The van der Waals surface area contributed by atoms with Crippen LogP contribution in [0, 0.1) is 12.7 Å². The van der Waals surface area contributed by atoms with Crippen molar-refractivity contribution in [3.8, 4) is 5.75 Å². The van der Waals surface area contributed by atoms with Crippen LogP contribution in [0.3, 0.4) is 0 Å². The van der Waals surface area contributed by atoms with Gasteiger partial charge in [-0.1, -0.05) is 0 Å². The lowest BCUT2D eigenvalue weighted by atomic mass is 10.1. The fourth-order valence-electron chi connectivity index (χ4n) is 2.71. The fourth-order valence-corrected chi connectivity index (χ4v) is 2.71. The van der Waals surface area contributed by atoms with Gasteiger partial charge in [-0.3, -0.25) is 9.78 Å². The lowest BCUT2D eigenvalue weighted by molar-refractivity contribution is -0.141. The van der Waals surface area contributed by atoms with Crippen LogP contribution in [0.25, 0.3) is 0 Å². The monoisotopic (exact) mass is 345 g/mol. The average Bonchev–Trinajstić information content (AvgIpc) is 2.60. The van der Waals surface area contributed by atoms with Crippen molar-refractivity contribution >= 4 is 11.6 Å². The lowest BCUT2D eigenvalue weighted by Gasteiger charge is -2.32. The number of amides is 1. The SMILES string of the molecule is Cc1cc(N)cc(C2CN(C(=O)COc3ccc(F)cc3)CCO2)n1. The minimum Gasteiger partial charge on any atom is -0.484 e. The zero-order valence-corrected chi connectivity index (χ0v) is 13.9. The molecule has 0 spiro atoms. The molecule has 1 aliphatic heterocycles. The van der Waals surface area contributed by atoms with Crippen molar-refractivity contribution in [3.05, 3.63) is 53.6 Å². The number of nitrogen functional groups attached to an aromatic ring is 1. The molecule has 132 valence electrons. The molecule has 2 N–H and O–H groups in total. The van der Waals surface area contributed by atoms with Gasteiger partial charge in [-0.25, -0.2) is 4.39 Å². The first kappa shape index (κ1) is 17.2. The van der Waals surface area contributed by atoms with Gasteiger partial charge in [-0.2, -0.15) is 0 Å². The molecule has 1 aromatic heterocycles. The predicted molar refractivity (Wildman–Crippen MR) is 90.6 cm³/mol. The molecule has 1 fully saturated rings. The number of rotatable bonds is 4. The van der Waals surface area contributed by atoms with Crippen LogP contribution in [-0.4, -0.2) is 42.1 Å². The van der Waals surface area contributed by atoms with E-state index >= 15 is 0 Å². The predicted octanol–water partition coefficient (Wildman–Crippen LogP) is 2.09. The molecule has 1 amide bonds. The standard InChI is InChI=1S/C18H20FN3O3/c1-12-8-14(20)9-16(21-12)17-10-22(6-7-24-17)18(23)11-25-15-4-2-13(19)3-5-15/h2-5,8-9,17H,6-7,10-11H2,1H3,(H2,20,21). The van der Waals surface area contributed by atoms with E-state index in [1.807, 2.05) is 6.92 Å². The number of benzene rings is 1. The molecule has 25 heavy (non-hydrogen) atoms. The number of carbonyl (C=O) groups is 1. The Hall–Kier alpha value is -2.67. The molecule has 1 atom stereocenters. The van der Waals surface area contributed by atoms with Crippen molar-refractivity contribution in [2.75, 3.05) is 32.0 Å². The Balaban J connectivity index is 1.60. The van der Waals surface area contributed by atoms with E-state index in [4.69, 9.17) is 15.2 Å². The van der Waals surface area contributed by atoms with E-state index in [0.29, 0.717) is 31.1 Å². The van der Waals surface area contributed by atoms with Crippen LogP contribution in [-0.2, 0) is 9.53 Å². The zero-order valence-electron chi connectivity index (χ0n) is 13.9. The summed E-state index contributed by atoms with van der Waals surface area (Å²) in [5.74, 6) is -0.0504. The number of nitrogens with zero attached hydrogens (tertiary/aromatic N) is 2. The Morgan fingerprint density at radius 2 is 2.16 bits per heavy atom. The van der Waals surface area contributed by atoms with Crippen molar-refractivity contribution in [1.29, 1.82) is 0 Å². The van der Waals surface area contributed by atoms with Gasteiger partial charge in [-0.05, 0) is 43.3 Å². The smallest absolute Gasteiger partial charge is 0.260 e. The van der Waals surface area contributed by atoms with Crippen molar-refractivity contribution in [1.82, 2.24) is 9.88 Å². The first-order valence-corrected chi connectivity index (χ1v) is 8.03. The van der Waals surface area contributed by atoms with Crippen molar-refractivity contribution in [2.24, 2.45) is 0 Å². The number of anilines is 1. The average molecular weight is 345 g/mol. The number of halogens is 1. The number of aryl methyl sites for hydroxylation is 1. The molecule has 3 rings (SSSR count). The summed E-state index contributed by atoms with van der Waals surface area (Å²) in [7, 11) is 0. The Kier molecular flexibility index (Phi) is 5.14. The fraction of sp³-hybridized carbons (Fsp3) is 0.333. The number of nitrogens with two attached hydrogens (primary N) is 1. The summed E-state index contributed by atoms with van der Waals surface area (Å²) in [6.45, 7) is 3.05. The second-order valence-electron chi connectivity index (χ2n) is 5.91. The minimum absolute atomic E-state index is 0.109. The maximum atomic E-state index is 12.9. The van der Waals surface area contributed by atoms with Crippen LogP contribution >= 0.6 is 0 Å². The molecule has 0 aliphatic carbocycles. The Bertz CT molecular complexity index is 731. The van der Waals surface area contributed by atoms with E-state index in [2.05, 4.69) is 4.98 Å². The Labute approximate surface area is 145 Å². The maximum Gasteiger partial charge on any atom is 0.260 e. The number of aromatic nitrogens is 1. The van der Waals surface area contributed by atoms with Crippen molar-refractivity contribution < 1.29 is 18.7 Å². The first-order valence-electron chi connectivity index (χ1n) is 8.03. The lowest BCUT2D eigenvalue weighted by Crippen LogP contribution is -2.44. The third-order valence-corrected chi connectivity index (χ3v) is 3.92. The minimum atomic E-state index is -0.348. The molecule has 1 unspecified atom stereocenters. The van der Waals surface area contributed by atoms with Crippen LogP contribution in [0.15, 0.2) is 36.4 Å². The molecule has 0 bridgehead atoms. The van der Waals surface area contributed by atoms with E-state index in [1.165, 1.54) is 24.3 Å². The molecule has 0 saturated carbocycles. The van der Waals surface area contributed by atoms with Crippen LogP contribution in [0.2, 0.25) is 0 Å². The molecular weight excluding hydrogens is 325 g/mol. The van der Waals surface area contributed by atoms with Crippen molar-refractivity contribution in [3.63, 3.8) is 0 Å². The topological polar surface area (TPSA) is 77.7 Å². The second kappa shape index (κ2) is 7.48. The third-order valence-electron chi connectivity index (χ3n) is 3.92. The van der Waals surface area contributed by atoms with Crippen LogP contribution in [0.4, 0.5) is 10.1 Å². The van der Waals surface area contributed by atoms with Crippen molar-refractivity contribution in [2.45, 2.75) is 13.0 Å². The highest BCUT2D eigenvalue weighted by Gasteiger charge is 2.26. The van der Waals surface area contributed by atoms with Crippen LogP contribution < -0.4 is 10.5 Å². The van der Waals surface area contributed by atoms with E-state index in [-0.39, 0.29) is 24.4 Å². The van der Waals surface area contributed by atoms with Gasteiger partial charge < -0.3 is 20.1 Å². The molecular formula is C18H20FN3O3. The van der Waals surface area contributed by atoms with E-state index in [9.17, 15) is 9.18 Å². The van der Waals surface area contributed by atoms with Gasteiger partial charge in [0.25, 0.3) is 5.91 Å². The van der Waals surface area contributed by atoms with Gasteiger partial charge in [0.05, 0.1) is 18.8 Å². The molecule has 1 saturated heterocycles. The van der Waals surface area contributed by atoms with Gasteiger partial charge in [0.15, 0.2) is 6.61 Å². The van der Waals surface area contributed by atoms with Gasteiger partial charge in [-0.15, -0.1) is 0 Å². The molecule has 2 aromatic rings. The summed E-state index contributed by atoms with van der Waals surface area (Å²) in [5.41, 5.74) is 8.00. The number of carbonyl (C=O) groups excluding carboxylic acids is 1.